The van der Waals surface area contributed by atoms with Crippen LogP contribution in [0.4, 0.5) is 5.69 Å². The maximum atomic E-state index is 9.09. The Kier molecular flexibility index (Phi) is 4.08. The minimum Gasteiger partial charge on any atom is -0.454 e. The van der Waals surface area contributed by atoms with Gasteiger partial charge in [-0.1, -0.05) is 28.9 Å². The Morgan fingerprint density at radius 1 is 1.21 bits per heavy atom. The summed E-state index contributed by atoms with van der Waals surface area (Å²) >= 11 is 3.32. The van der Waals surface area contributed by atoms with Crippen LogP contribution in [0.15, 0.2) is 40.9 Å². The van der Waals surface area contributed by atoms with E-state index >= 15 is 0 Å². The molecule has 0 amide bonds. The third-order valence-electron chi connectivity index (χ3n) is 2.76. The minimum absolute atomic E-state index is 0.466. The van der Waals surface area contributed by atoms with E-state index < -0.39 is 0 Å². The Morgan fingerprint density at radius 3 is 2.58 bits per heavy atom. The summed E-state index contributed by atoms with van der Waals surface area (Å²) < 4.78 is 6.56. The number of benzene rings is 2. The van der Waals surface area contributed by atoms with Crippen molar-refractivity contribution in [1.82, 2.24) is 0 Å². The zero-order chi connectivity index (χ0) is 13.8. The first-order valence-corrected chi connectivity index (χ1v) is 6.69. The molecule has 0 unspecified atom stereocenters. The van der Waals surface area contributed by atoms with E-state index in [-0.39, 0.29) is 0 Å². The molecule has 0 saturated carbocycles. The van der Waals surface area contributed by atoms with E-state index in [2.05, 4.69) is 28.9 Å². The lowest BCUT2D eigenvalue weighted by Crippen LogP contribution is -1.95. The Hall–Kier alpha value is -1.99. The van der Waals surface area contributed by atoms with E-state index in [9.17, 15) is 0 Å². The minimum atomic E-state index is 0.466. The molecule has 0 aliphatic carbocycles. The number of ether oxygens (including phenoxy) is 1. The van der Waals surface area contributed by atoms with Gasteiger partial charge in [0.15, 0.2) is 0 Å². The monoisotopic (exact) mass is 316 g/mol. The van der Waals surface area contributed by atoms with Crippen LogP contribution in [0.3, 0.4) is 0 Å². The third kappa shape index (κ3) is 3.07. The summed E-state index contributed by atoms with van der Waals surface area (Å²) in [6.45, 7) is 2.07. The maximum absolute atomic E-state index is 9.09. The molecule has 96 valence electrons. The van der Waals surface area contributed by atoms with E-state index in [0.29, 0.717) is 22.7 Å². The van der Waals surface area contributed by atoms with Crippen molar-refractivity contribution in [3.05, 3.63) is 52.0 Å². The van der Waals surface area contributed by atoms with Gasteiger partial charge < -0.3 is 10.5 Å². The normalized spacial score (nSPS) is 9.95. The highest BCUT2D eigenvalue weighted by atomic mass is 79.9. The summed E-state index contributed by atoms with van der Waals surface area (Å²) in [5.74, 6) is 1.07. The zero-order valence-electron chi connectivity index (χ0n) is 10.5. The molecule has 0 fully saturated rings. The summed E-state index contributed by atoms with van der Waals surface area (Å²) in [7, 11) is 0. The van der Waals surface area contributed by atoms with Crippen LogP contribution < -0.4 is 10.5 Å². The number of anilines is 1. The molecule has 2 aromatic carbocycles. The van der Waals surface area contributed by atoms with Crippen molar-refractivity contribution < 1.29 is 4.74 Å². The summed E-state index contributed by atoms with van der Waals surface area (Å²) in [4.78, 5) is 0. The van der Waals surface area contributed by atoms with Gasteiger partial charge in [-0.3, -0.25) is 0 Å². The van der Waals surface area contributed by atoms with E-state index in [1.54, 1.807) is 12.1 Å². The van der Waals surface area contributed by atoms with Crippen LogP contribution >= 0.6 is 15.9 Å². The predicted molar refractivity (Wildman–Crippen MR) is 79.2 cm³/mol. The van der Waals surface area contributed by atoms with Crippen molar-refractivity contribution in [2.24, 2.45) is 0 Å². The Labute approximate surface area is 120 Å². The van der Waals surface area contributed by atoms with Crippen LogP contribution in [-0.4, -0.2) is 0 Å². The van der Waals surface area contributed by atoms with Crippen LogP contribution in [0.1, 0.15) is 18.1 Å². The molecule has 3 nitrogen and oxygen atoms in total. The SMILES string of the molecule is CCc1ccc(Oc2ccc(Br)cc2C#N)c(N)c1. The van der Waals surface area contributed by atoms with Gasteiger partial charge in [-0.25, -0.2) is 0 Å². The molecule has 19 heavy (non-hydrogen) atoms. The highest BCUT2D eigenvalue weighted by Crippen LogP contribution is 2.31. The number of aryl methyl sites for hydroxylation is 1. The first kappa shape index (κ1) is 13.4. The van der Waals surface area contributed by atoms with Crippen molar-refractivity contribution in [3.8, 4) is 17.6 Å². The maximum Gasteiger partial charge on any atom is 0.150 e. The molecule has 0 bridgehead atoms. The van der Waals surface area contributed by atoms with E-state index in [1.807, 2.05) is 24.3 Å². The average molecular weight is 317 g/mol. The van der Waals surface area contributed by atoms with Gasteiger partial charge in [0.1, 0.15) is 17.6 Å². The number of hydrogen-bond donors (Lipinski definition) is 1. The largest absolute Gasteiger partial charge is 0.454 e. The Balaban J connectivity index is 2.34. The lowest BCUT2D eigenvalue weighted by Gasteiger charge is -2.11. The first-order valence-electron chi connectivity index (χ1n) is 5.90. The highest BCUT2D eigenvalue weighted by Gasteiger charge is 2.08. The fourth-order valence-electron chi connectivity index (χ4n) is 1.71. The van der Waals surface area contributed by atoms with Gasteiger partial charge in [-0.15, -0.1) is 0 Å². The molecular weight excluding hydrogens is 304 g/mol. The van der Waals surface area contributed by atoms with Crippen molar-refractivity contribution in [2.75, 3.05) is 5.73 Å². The summed E-state index contributed by atoms with van der Waals surface area (Å²) in [6, 6.07) is 13.1. The quantitative estimate of drug-likeness (QED) is 0.861. The Bertz CT molecular complexity index is 647. The van der Waals surface area contributed by atoms with Crippen LogP contribution in [0.25, 0.3) is 0 Å². The van der Waals surface area contributed by atoms with Gasteiger partial charge in [0.25, 0.3) is 0 Å². The number of nitrogens with two attached hydrogens (primary N) is 1. The molecule has 0 saturated heterocycles. The molecule has 2 aromatic rings. The van der Waals surface area contributed by atoms with Crippen molar-refractivity contribution in [2.45, 2.75) is 13.3 Å². The van der Waals surface area contributed by atoms with E-state index in [0.717, 1.165) is 16.5 Å². The number of rotatable bonds is 3. The van der Waals surface area contributed by atoms with Gasteiger partial charge in [-0.05, 0) is 42.3 Å². The molecule has 0 radical (unpaired) electrons. The summed E-state index contributed by atoms with van der Waals surface area (Å²) in [6.07, 6.45) is 0.923. The molecule has 4 heteroatoms. The predicted octanol–water partition coefficient (Wildman–Crippen LogP) is 4.26. The Morgan fingerprint density at radius 2 is 1.95 bits per heavy atom. The lowest BCUT2D eigenvalue weighted by atomic mass is 10.1. The van der Waals surface area contributed by atoms with Crippen molar-refractivity contribution in [3.63, 3.8) is 0 Å². The first-order chi connectivity index (χ1) is 9.13. The van der Waals surface area contributed by atoms with Crippen LogP contribution in [-0.2, 0) is 6.42 Å². The van der Waals surface area contributed by atoms with Gasteiger partial charge in [0.2, 0.25) is 0 Å². The number of halogens is 1. The van der Waals surface area contributed by atoms with Gasteiger partial charge in [-0.2, -0.15) is 5.26 Å². The second-order valence-corrected chi connectivity index (χ2v) is 5.00. The van der Waals surface area contributed by atoms with Gasteiger partial charge >= 0.3 is 0 Å². The molecule has 0 spiro atoms. The number of nitrogen functional groups attached to an aromatic ring is 1. The summed E-state index contributed by atoms with van der Waals surface area (Å²) in [5.41, 5.74) is 8.14. The van der Waals surface area contributed by atoms with Crippen LogP contribution in [0.5, 0.6) is 11.5 Å². The highest BCUT2D eigenvalue weighted by molar-refractivity contribution is 9.10. The molecule has 0 aliphatic heterocycles. The lowest BCUT2D eigenvalue weighted by molar-refractivity contribution is 0.483. The number of hydrogen-bond acceptors (Lipinski definition) is 3. The second kappa shape index (κ2) is 5.77. The topological polar surface area (TPSA) is 59.0 Å². The molecular formula is C15H13BrN2O. The third-order valence-corrected chi connectivity index (χ3v) is 3.26. The second-order valence-electron chi connectivity index (χ2n) is 4.08. The smallest absolute Gasteiger partial charge is 0.150 e. The molecule has 0 aliphatic rings. The standard InChI is InChI=1S/C15H13BrN2O/c1-2-10-3-5-15(13(18)7-10)19-14-6-4-12(16)8-11(14)9-17/h3-8H,2,18H2,1H3. The van der Waals surface area contributed by atoms with Gasteiger partial charge in [0, 0.05) is 4.47 Å². The fourth-order valence-corrected chi connectivity index (χ4v) is 2.07. The average Bonchev–Trinajstić information content (AvgIpc) is 2.42. The van der Waals surface area contributed by atoms with E-state index in [4.69, 9.17) is 15.7 Å². The molecule has 0 atom stereocenters. The molecule has 2 N–H and O–H groups in total. The fraction of sp³-hybridized carbons (Fsp3) is 0.133. The van der Waals surface area contributed by atoms with Crippen LogP contribution in [0.2, 0.25) is 0 Å². The van der Waals surface area contributed by atoms with Gasteiger partial charge in [0.05, 0.1) is 11.3 Å². The zero-order valence-corrected chi connectivity index (χ0v) is 12.1. The number of nitriles is 1. The molecule has 0 heterocycles. The van der Waals surface area contributed by atoms with Crippen molar-refractivity contribution >= 4 is 21.6 Å². The van der Waals surface area contributed by atoms with E-state index in [1.165, 1.54) is 0 Å². The molecule has 0 aromatic heterocycles. The van der Waals surface area contributed by atoms with Crippen molar-refractivity contribution in [1.29, 1.82) is 5.26 Å². The molecule has 2 rings (SSSR count). The summed E-state index contributed by atoms with van der Waals surface area (Å²) in [5, 5.41) is 9.09. The number of nitrogens with zero attached hydrogens (tertiary/aromatic N) is 1. The van der Waals surface area contributed by atoms with Crippen LogP contribution in [0, 0.1) is 11.3 Å².